The summed E-state index contributed by atoms with van der Waals surface area (Å²) in [4.78, 5) is 12.0. The zero-order chi connectivity index (χ0) is 16.2. The van der Waals surface area contributed by atoms with Gasteiger partial charge in [-0.05, 0) is 38.3 Å². The van der Waals surface area contributed by atoms with Crippen molar-refractivity contribution in [2.75, 3.05) is 18.5 Å². The summed E-state index contributed by atoms with van der Waals surface area (Å²) in [5.41, 5.74) is 4.04. The summed E-state index contributed by atoms with van der Waals surface area (Å²) in [5, 5.41) is 10.1. The highest BCUT2D eigenvalue weighted by Gasteiger charge is 2.16. The molecule has 2 heterocycles. The number of aromatic nitrogens is 2. The minimum absolute atomic E-state index is 0.179. The minimum Gasteiger partial charge on any atom is -0.381 e. The highest BCUT2D eigenvalue weighted by atomic mass is 16.5. The van der Waals surface area contributed by atoms with Gasteiger partial charge >= 0.3 is 6.03 Å². The molecule has 0 aliphatic carbocycles. The van der Waals surface area contributed by atoms with Crippen LogP contribution < -0.4 is 10.6 Å². The third-order valence-electron chi connectivity index (χ3n) is 4.00. The molecule has 0 spiro atoms. The van der Waals surface area contributed by atoms with Crippen LogP contribution in [0.1, 0.15) is 24.0 Å². The van der Waals surface area contributed by atoms with Crippen LogP contribution in [0, 0.1) is 13.8 Å². The summed E-state index contributed by atoms with van der Waals surface area (Å²) in [6, 6.07) is 6.18. The third-order valence-corrected chi connectivity index (χ3v) is 4.00. The van der Waals surface area contributed by atoms with Gasteiger partial charge in [-0.3, -0.25) is 0 Å². The number of carbonyl (C=O) groups is 1. The lowest BCUT2D eigenvalue weighted by Gasteiger charge is -2.22. The van der Waals surface area contributed by atoms with Crippen molar-refractivity contribution in [3.8, 4) is 5.69 Å². The van der Waals surface area contributed by atoms with E-state index < -0.39 is 0 Å². The molecule has 1 aromatic heterocycles. The molecule has 2 aromatic rings. The predicted octanol–water partition coefficient (Wildman–Crippen LogP) is 2.79. The maximum absolute atomic E-state index is 12.0. The van der Waals surface area contributed by atoms with Crippen molar-refractivity contribution in [1.82, 2.24) is 15.1 Å². The van der Waals surface area contributed by atoms with E-state index in [1.165, 1.54) is 5.56 Å². The number of aryl methyl sites for hydroxylation is 2. The molecule has 122 valence electrons. The predicted molar refractivity (Wildman–Crippen MR) is 89.0 cm³/mol. The number of hydrogen-bond donors (Lipinski definition) is 2. The van der Waals surface area contributed by atoms with E-state index in [2.05, 4.69) is 41.7 Å². The first kappa shape index (κ1) is 15.6. The molecule has 1 saturated heterocycles. The molecule has 1 fully saturated rings. The quantitative estimate of drug-likeness (QED) is 0.915. The number of ether oxygens (including phenoxy) is 1. The molecule has 1 aliphatic heterocycles. The molecular weight excluding hydrogens is 292 g/mol. The van der Waals surface area contributed by atoms with Crippen LogP contribution in [0.3, 0.4) is 0 Å². The zero-order valence-electron chi connectivity index (χ0n) is 13.5. The van der Waals surface area contributed by atoms with Gasteiger partial charge in [-0.2, -0.15) is 5.10 Å². The summed E-state index contributed by atoms with van der Waals surface area (Å²) < 4.78 is 7.06. The lowest BCUT2D eigenvalue weighted by molar-refractivity contribution is 0.0806. The maximum atomic E-state index is 12.0. The van der Waals surface area contributed by atoms with Gasteiger partial charge in [0, 0.05) is 19.3 Å². The Balaban J connectivity index is 1.63. The van der Waals surface area contributed by atoms with Crippen LogP contribution in [0.2, 0.25) is 0 Å². The Labute approximate surface area is 135 Å². The summed E-state index contributed by atoms with van der Waals surface area (Å²) in [6.45, 7) is 5.52. The molecule has 1 aromatic carbocycles. The molecule has 6 nitrogen and oxygen atoms in total. The molecule has 6 heteroatoms. The Morgan fingerprint density at radius 1 is 1.30 bits per heavy atom. The first-order valence-electron chi connectivity index (χ1n) is 7.89. The van der Waals surface area contributed by atoms with Crippen LogP contribution >= 0.6 is 0 Å². The van der Waals surface area contributed by atoms with Crippen LogP contribution in [0.4, 0.5) is 10.5 Å². The fourth-order valence-corrected chi connectivity index (χ4v) is 2.78. The Hall–Kier alpha value is -2.34. The lowest BCUT2D eigenvalue weighted by Crippen LogP contribution is -2.41. The van der Waals surface area contributed by atoms with Crippen LogP contribution in [-0.4, -0.2) is 35.1 Å². The first-order valence-corrected chi connectivity index (χ1v) is 7.89. The number of carbonyl (C=O) groups excluding carboxylic acids is 1. The molecule has 0 bridgehead atoms. The fraction of sp³-hybridized carbons (Fsp3) is 0.412. The Bertz CT molecular complexity index is 690. The van der Waals surface area contributed by atoms with Gasteiger partial charge in [0.05, 0.1) is 23.8 Å². The number of anilines is 1. The van der Waals surface area contributed by atoms with Crippen molar-refractivity contribution in [1.29, 1.82) is 0 Å². The number of nitrogens with zero attached hydrogens (tertiary/aromatic N) is 2. The van der Waals surface area contributed by atoms with Gasteiger partial charge in [0.25, 0.3) is 0 Å². The fourth-order valence-electron chi connectivity index (χ4n) is 2.78. The lowest BCUT2D eigenvalue weighted by atomic mass is 10.1. The van der Waals surface area contributed by atoms with Crippen molar-refractivity contribution < 1.29 is 9.53 Å². The number of hydrogen-bond acceptors (Lipinski definition) is 3. The van der Waals surface area contributed by atoms with Gasteiger partial charge in [0.15, 0.2) is 0 Å². The summed E-state index contributed by atoms with van der Waals surface area (Å²) in [6.07, 6.45) is 5.19. The average molecular weight is 314 g/mol. The Morgan fingerprint density at radius 3 is 2.83 bits per heavy atom. The van der Waals surface area contributed by atoms with Crippen LogP contribution in [-0.2, 0) is 4.74 Å². The van der Waals surface area contributed by atoms with E-state index in [0.29, 0.717) is 18.9 Å². The molecule has 1 aliphatic rings. The van der Waals surface area contributed by atoms with Gasteiger partial charge in [-0.1, -0.05) is 17.7 Å². The molecule has 0 radical (unpaired) electrons. The van der Waals surface area contributed by atoms with Crippen LogP contribution in [0.15, 0.2) is 30.6 Å². The van der Waals surface area contributed by atoms with E-state index in [-0.39, 0.29) is 12.1 Å². The second-order valence-corrected chi connectivity index (χ2v) is 5.95. The molecule has 2 amide bonds. The molecule has 0 unspecified atom stereocenters. The number of benzene rings is 1. The molecule has 0 atom stereocenters. The number of amides is 2. The number of urea groups is 1. The minimum atomic E-state index is -0.197. The largest absolute Gasteiger partial charge is 0.381 e. The van der Waals surface area contributed by atoms with E-state index in [4.69, 9.17) is 4.74 Å². The van der Waals surface area contributed by atoms with E-state index in [1.54, 1.807) is 10.9 Å². The van der Waals surface area contributed by atoms with Crippen molar-refractivity contribution in [3.63, 3.8) is 0 Å². The summed E-state index contributed by atoms with van der Waals surface area (Å²) in [5.74, 6) is 0. The molecule has 3 rings (SSSR count). The third kappa shape index (κ3) is 3.90. The van der Waals surface area contributed by atoms with Crippen molar-refractivity contribution >= 4 is 11.7 Å². The second-order valence-electron chi connectivity index (χ2n) is 5.95. The van der Waals surface area contributed by atoms with E-state index in [1.807, 2.05) is 12.3 Å². The van der Waals surface area contributed by atoms with Gasteiger partial charge in [-0.15, -0.1) is 0 Å². The molecule has 23 heavy (non-hydrogen) atoms. The smallest absolute Gasteiger partial charge is 0.319 e. The van der Waals surface area contributed by atoms with Gasteiger partial charge in [-0.25, -0.2) is 9.48 Å². The van der Waals surface area contributed by atoms with E-state index in [9.17, 15) is 4.79 Å². The normalized spacial score (nSPS) is 15.4. The molecule has 0 saturated carbocycles. The van der Waals surface area contributed by atoms with Gasteiger partial charge < -0.3 is 15.4 Å². The molecular formula is C17H22N4O2. The van der Waals surface area contributed by atoms with Crippen molar-refractivity contribution in [3.05, 3.63) is 41.7 Å². The van der Waals surface area contributed by atoms with Crippen molar-refractivity contribution in [2.45, 2.75) is 32.7 Å². The van der Waals surface area contributed by atoms with E-state index >= 15 is 0 Å². The summed E-state index contributed by atoms with van der Waals surface area (Å²) in [7, 11) is 0. The van der Waals surface area contributed by atoms with E-state index in [0.717, 1.165) is 24.1 Å². The number of nitrogens with one attached hydrogen (secondary N) is 2. The van der Waals surface area contributed by atoms with Gasteiger partial charge in [0.2, 0.25) is 0 Å². The standard InChI is InChI=1S/C17H22N4O2/c1-12-3-4-16(13(2)9-12)21-11-15(10-18-21)20-17(22)19-14-5-7-23-8-6-14/h3-4,9-11,14H,5-8H2,1-2H3,(H2,19,20,22). The summed E-state index contributed by atoms with van der Waals surface area (Å²) >= 11 is 0. The van der Waals surface area contributed by atoms with Crippen LogP contribution in [0.25, 0.3) is 5.69 Å². The van der Waals surface area contributed by atoms with Crippen molar-refractivity contribution in [2.24, 2.45) is 0 Å². The van der Waals surface area contributed by atoms with Gasteiger partial charge in [0.1, 0.15) is 0 Å². The Morgan fingerprint density at radius 2 is 2.09 bits per heavy atom. The van der Waals surface area contributed by atoms with Crippen LogP contribution in [0.5, 0.6) is 0 Å². The Kier molecular flexibility index (Phi) is 4.62. The maximum Gasteiger partial charge on any atom is 0.319 e. The highest BCUT2D eigenvalue weighted by molar-refractivity contribution is 5.89. The highest BCUT2D eigenvalue weighted by Crippen LogP contribution is 2.17. The first-order chi connectivity index (χ1) is 11.1. The SMILES string of the molecule is Cc1ccc(-n2cc(NC(=O)NC3CCOCC3)cn2)c(C)c1. The zero-order valence-corrected chi connectivity index (χ0v) is 13.5. The molecule has 2 N–H and O–H groups in total. The topological polar surface area (TPSA) is 68.2 Å². The average Bonchev–Trinajstić information content (AvgIpc) is 2.96. The number of rotatable bonds is 3. The monoisotopic (exact) mass is 314 g/mol. The second kappa shape index (κ2) is 6.83.